The highest BCUT2D eigenvalue weighted by atomic mass is 35.5. The van der Waals surface area contributed by atoms with Crippen molar-refractivity contribution >= 4 is 17.5 Å². The molecule has 0 saturated heterocycles. The molecule has 0 bridgehead atoms. The number of nitrogens with zero attached hydrogens (tertiary/aromatic N) is 1. The molecule has 118 valence electrons. The van der Waals surface area contributed by atoms with Gasteiger partial charge in [0.05, 0.1) is 12.6 Å². The lowest BCUT2D eigenvalue weighted by Gasteiger charge is -2.24. The van der Waals surface area contributed by atoms with Gasteiger partial charge < -0.3 is 10.6 Å². The normalized spacial score (nSPS) is 18.1. The van der Waals surface area contributed by atoms with Crippen molar-refractivity contribution in [2.45, 2.75) is 38.3 Å². The summed E-state index contributed by atoms with van der Waals surface area (Å²) in [5.41, 5.74) is -0.486. The molecule has 0 aliphatic heterocycles. The smallest absolute Gasteiger partial charge is 0.235 e. The van der Waals surface area contributed by atoms with E-state index in [0.29, 0.717) is 10.6 Å². The Kier molecular flexibility index (Phi) is 5.05. The van der Waals surface area contributed by atoms with E-state index in [0.717, 1.165) is 12.8 Å². The molecule has 0 unspecified atom stereocenters. The second-order valence-corrected chi connectivity index (χ2v) is 6.28. The predicted molar refractivity (Wildman–Crippen MR) is 82.7 cm³/mol. The van der Waals surface area contributed by atoms with Crippen LogP contribution in [0, 0.1) is 23.1 Å². The van der Waals surface area contributed by atoms with Gasteiger partial charge in [0.25, 0.3) is 0 Å². The molecule has 1 amide bonds. The quantitative estimate of drug-likeness (QED) is 0.846. The average Bonchev–Trinajstić information content (AvgIpc) is 3.30. The van der Waals surface area contributed by atoms with Crippen LogP contribution in [-0.4, -0.2) is 18.0 Å². The zero-order valence-electron chi connectivity index (χ0n) is 12.6. The third kappa shape index (κ3) is 3.76. The fraction of sp³-hybridized carbons (Fsp3) is 0.500. The highest BCUT2D eigenvalue weighted by Gasteiger charge is 2.42. The van der Waals surface area contributed by atoms with Crippen LogP contribution < -0.4 is 10.6 Å². The second kappa shape index (κ2) is 6.64. The molecule has 6 heteroatoms. The van der Waals surface area contributed by atoms with Crippen LogP contribution in [0.15, 0.2) is 18.2 Å². The van der Waals surface area contributed by atoms with Crippen LogP contribution in [-0.2, 0) is 4.79 Å². The van der Waals surface area contributed by atoms with E-state index < -0.39 is 17.4 Å². The zero-order valence-corrected chi connectivity index (χ0v) is 13.4. The molecule has 2 atom stereocenters. The molecule has 4 nitrogen and oxygen atoms in total. The van der Waals surface area contributed by atoms with E-state index in [2.05, 4.69) is 16.7 Å². The van der Waals surface area contributed by atoms with E-state index in [1.54, 1.807) is 19.9 Å². The molecule has 0 radical (unpaired) electrons. The Bertz CT molecular complexity index is 592. The first kappa shape index (κ1) is 16.7. The van der Waals surface area contributed by atoms with Crippen LogP contribution >= 0.6 is 11.6 Å². The standard InChI is InChI=1S/C16H19ClFN3O/c1-10(15-12(17)4-3-5-13(15)18)20-8-14(22)21-16(2,9-19)11-6-7-11/h3-5,10-11,20H,6-8H2,1-2H3,(H,21,22)/t10-,16-/m1/s1. The number of rotatable bonds is 6. The minimum absolute atomic E-state index is 0.00415. The van der Waals surface area contributed by atoms with E-state index in [9.17, 15) is 14.4 Å². The minimum atomic E-state index is -0.822. The van der Waals surface area contributed by atoms with Crippen LogP contribution in [0.4, 0.5) is 4.39 Å². The fourth-order valence-corrected chi connectivity index (χ4v) is 2.81. The average molecular weight is 324 g/mol. The zero-order chi connectivity index (χ0) is 16.3. The van der Waals surface area contributed by atoms with Gasteiger partial charge in [-0.3, -0.25) is 4.79 Å². The summed E-state index contributed by atoms with van der Waals surface area (Å²) in [5, 5.41) is 15.2. The third-order valence-electron chi connectivity index (χ3n) is 4.03. The Morgan fingerprint density at radius 3 is 2.82 bits per heavy atom. The molecule has 1 aliphatic carbocycles. The van der Waals surface area contributed by atoms with Crippen molar-refractivity contribution in [3.63, 3.8) is 0 Å². The van der Waals surface area contributed by atoms with Crippen molar-refractivity contribution in [1.82, 2.24) is 10.6 Å². The van der Waals surface area contributed by atoms with Crippen LogP contribution in [0.1, 0.15) is 38.3 Å². The summed E-state index contributed by atoms with van der Waals surface area (Å²) in [6.45, 7) is 3.47. The highest BCUT2D eigenvalue weighted by Crippen LogP contribution is 2.39. The number of nitriles is 1. The maximum atomic E-state index is 13.8. The summed E-state index contributed by atoms with van der Waals surface area (Å²) >= 11 is 5.99. The number of carbonyl (C=O) groups excluding carboxylic acids is 1. The van der Waals surface area contributed by atoms with Crippen LogP contribution in [0.5, 0.6) is 0 Å². The summed E-state index contributed by atoms with van der Waals surface area (Å²) in [5.74, 6) is -0.470. The molecule has 2 rings (SSSR count). The Hall–Kier alpha value is -1.64. The van der Waals surface area contributed by atoms with Gasteiger partial charge in [0.1, 0.15) is 11.4 Å². The molecule has 2 N–H and O–H groups in total. The van der Waals surface area contributed by atoms with Gasteiger partial charge in [-0.2, -0.15) is 5.26 Å². The molecule has 1 aromatic rings. The number of benzene rings is 1. The number of amides is 1. The van der Waals surface area contributed by atoms with E-state index in [1.807, 2.05) is 0 Å². The SMILES string of the molecule is C[C@@H](NCC(=O)N[C@](C)(C#N)C1CC1)c1c(F)cccc1Cl. The van der Waals surface area contributed by atoms with Crippen LogP contribution in [0.25, 0.3) is 0 Å². The van der Waals surface area contributed by atoms with Gasteiger partial charge in [-0.05, 0) is 44.7 Å². The van der Waals surface area contributed by atoms with E-state index in [-0.39, 0.29) is 18.4 Å². The van der Waals surface area contributed by atoms with Gasteiger partial charge in [-0.1, -0.05) is 17.7 Å². The van der Waals surface area contributed by atoms with Crippen LogP contribution in [0.3, 0.4) is 0 Å². The molecular formula is C16H19ClFN3O. The largest absolute Gasteiger partial charge is 0.337 e. The molecule has 1 aliphatic rings. The topological polar surface area (TPSA) is 64.9 Å². The Morgan fingerprint density at radius 1 is 1.59 bits per heavy atom. The molecular weight excluding hydrogens is 305 g/mol. The van der Waals surface area contributed by atoms with Gasteiger partial charge in [0.2, 0.25) is 5.91 Å². The number of carbonyl (C=O) groups is 1. The lowest BCUT2D eigenvalue weighted by atomic mass is 9.98. The van der Waals surface area contributed by atoms with Crippen molar-refractivity contribution in [3.05, 3.63) is 34.6 Å². The third-order valence-corrected chi connectivity index (χ3v) is 4.36. The van der Waals surface area contributed by atoms with E-state index in [1.165, 1.54) is 12.1 Å². The number of hydrogen-bond acceptors (Lipinski definition) is 3. The molecule has 1 saturated carbocycles. The monoisotopic (exact) mass is 323 g/mol. The summed E-state index contributed by atoms with van der Waals surface area (Å²) in [7, 11) is 0. The maximum absolute atomic E-state index is 13.8. The van der Waals surface area contributed by atoms with Crippen molar-refractivity contribution in [1.29, 1.82) is 5.26 Å². The molecule has 0 aromatic heterocycles. The van der Waals surface area contributed by atoms with Gasteiger partial charge in [-0.25, -0.2) is 4.39 Å². The Labute approximate surface area is 134 Å². The highest BCUT2D eigenvalue weighted by molar-refractivity contribution is 6.31. The summed E-state index contributed by atoms with van der Waals surface area (Å²) in [6.07, 6.45) is 1.91. The van der Waals surface area contributed by atoms with Gasteiger partial charge >= 0.3 is 0 Å². The predicted octanol–water partition coefficient (Wildman–Crippen LogP) is 2.94. The minimum Gasteiger partial charge on any atom is -0.337 e. The summed E-state index contributed by atoms with van der Waals surface area (Å²) < 4.78 is 13.8. The molecule has 22 heavy (non-hydrogen) atoms. The maximum Gasteiger partial charge on any atom is 0.235 e. The number of nitrogens with one attached hydrogen (secondary N) is 2. The van der Waals surface area contributed by atoms with Gasteiger partial charge in [0.15, 0.2) is 0 Å². The number of hydrogen-bond donors (Lipinski definition) is 2. The summed E-state index contributed by atoms with van der Waals surface area (Å²) in [4.78, 5) is 12.0. The van der Waals surface area contributed by atoms with Gasteiger partial charge in [0, 0.05) is 16.6 Å². The molecule has 0 spiro atoms. The Morgan fingerprint density at radius 2 is 2.27 bits per heavy atom. The first-order valence-corrected chi connectivity index (χ1v) is 7.64. The van der Waals surface area contributed by atoms with E-state index in [4.69, 9.17) is 11.6 Å². The molecule has 1 aromatic carbocycles. The first-order chi connectivity index (χ1) is 10.4. The van der Waals surface area contributed by atoms with E-state index >= 15 is 0 Å². The van der Waals surface area contributed by atoms with Gasteiger partial charge in [-0.15, -0.1) is 0 Å². The first-order valence-electron chi connectivity index (χ1n) is 7.27. The second-order valence-electron chi connectivity index (χ2n) is 5.87. The fourth-order valence-electron chi connectivity index (χ4n) is 2.49. The molecule has 0 heterocycles. The Balaban J connectivity index is 1.92. The molecule has 1 fully saturated rings. The van der Waals surface area contributed by atoms with Crippen molar-refractivity contribution in [2.24, 2.45) is 5.92 Å². The lowest BCUT2D eigenvalue weighted by molar-refractivity contribution is -0.121. The van der Waals surface area contributed by atoms with Crippen LogP contribution in [0.2, 0.25) is 5.02 Å². The summed E-state index contributed by atoms with van der Waals surface area (Å²) in [6, 6.07) is 6.24. The van der Waals surface area contributed by atoms with Crippen molar-refractivity contribution in [2.75, 3.05) is 6.54 Å². The van der Waals surface area contributed by atoms with Crippen molar-refractivity contribution < 1.29 is 9.18 Å². The number of halogens is 2. The van der Waals surface area contributed by atoms with Crippen molar-refractivity contribution in [3.8, 4) is 6.07 Å². The lowest BCUT2D eigenvalue weighted by Crippen LogP contribution is -2.49.